The fourth-order valence-corrected chi connectivity index (χ4v) is 4.75. The number of fused-ring (bicyclic) bond motifs is 3. The molecule has 6 nitrogen and oxygen atoms in total. The normalized spacial score (nSPS) is 16.9. The summed E-state index contributed by atoms with van der Waals surface area (Å²) in [6.07, 6.45) is 6.44. The van der Waals surface area contributed by atoms with Crippen LogP contribution in [0, 0.1) is 16.0 Å². The number of aryl methyl sites for hydroxylation is 1. The van der Waals surface area contributed by atoms with E-state index < -0.39 is 4.92 Å². The number of nitrogens with one attached hydrogen (secondary N) is 1. The highest BCUT2D eigenvalue weighted by atomic mass is 32.1. The van der Waals surface area contributed by atoms with Crippen LogP contribution in [0.3, 0.4) is 0 Å². The van der Waals surface area contributed by atoms with Crippen molar-refractivity contribution in [3.63, 3.8) is 0 Å². The summed E-state index contributed by atoms with van der Waals surface area (Å²) in [6, 6.07) is 6.33. The van der Waals surface area contributed by atoms with Crippen molar-refractivity contribution < 1.29 is 4.92 Å². The average Bonchev–Trinajstić information content (AvgIpc) is 2.97. The van der Waals surface area contributed by atoms with Crippen molar-refractivity contribution in [3.05, 3.63) is 66.6 Å². The standard InChI is InChI=1S/C19H17N3O3S/c1-11-5-7-14-15(9-11)26-19-17(14)18(23)20-16(21-19)8-6-12-3-2-4-13(10-12)22(24)25/h2-4,6,8,10-11H,5,7,9H2,1H3,(H,20,21,23)/b8-6+/t11-/m0/s1. The quantitative estimate of drug-likeness (QED) is 0.555. The van der Waals surface area contributed by atoms with E-state index in [4.69, 9.17) is 0 Å². The van der Waals surface area contributed by atoms with Gasteiger partial charge in [0.2, 0.25) is 0 Å². The molecule has 3 aromatic rings. The van der Waals surface area contributed by atoms with Gasteiger partial charge in [-0.2, -0.15) is 0 Å². The Hall–Kier alpha value is -2.80. The van der Waals surface area contributed by atoms with Crippen molar-refractivity contribution in [1.82, 2.24) is 9.97 Å². The number of rotatable bonds is 3. The van der Waals surface area contributed by atoms with Gasteiger partial charge in [0.15, 0.2) is 0 Å². The van der Waals surface area contributed by atoms with E-state index in [2.05, 4.69) is 16.9 Å². The van der Waals surface area contributed by atoms with Crippen LogP contribution in [0.2, 0.25) is 0 Å². The number of non-ortho nitro benzene ring substituents is 1. The van der Waals surface area contributed by atoms with E-state index >= 15 is 0 Å². The summed E-state index contributed by atoms with van der Waals surface area (Å²) >= 11 is 1.61. The summed E-state index contributed by atoms with van der Waals surface area (Å²) in [6.45, 7) is 2.23. The molecule has 2 heterocycles. The fourth-order valence-electron chi connectivity index (χ4n) is 3.36. The monoisotopic (exact) mass is 367 g/mol. The third-order valence-electron chi connectivity index (χ3n) is 4.70. The van der Waals surface area contributed by atoms with Crippen LogP contribution < -0.4 is 5.56 Å². The number of nitro groups is 1. The second kappa shape index (κ2) is 6.49. The smallest absolute Gasteiger partial charge is 0.270 e. The molecule has 1 atom stereocenters. The highest BCUT2D eigenvalue weighted by Gasteiger charge is 2.22. The number of hydrogen-bond donors (Lipinski definition) is 1. The highest BCUT2D eigenvalue weighted by Crippen LogP contribution is 2.35. The van der Waals surface area contributed by atoms with E-state index in [1.807, 2.05) is 0 Å². The number of aromatic nitrogens is 2. The molecular formula is C19H17N3O3S. The van der Waals surface area contributed by atoms with Crippen LogP contribution in [0.5, 0.6) is 0 Å². The summed E-state index contributed by atoms with van der Waals surface area (Å²) in [5.41, 5.74) is 1.76. The molecule has 0 bridgehead atoms. The van der Waals surface area contributed by atoms with E-state index in [0.717, 1.165) is 35.0 Å². The number of H-pyrrole nitrogens is 1. The second-order valence-electron chi connectivity index (χ2n) is 6.67. The van der Waals surface area contributed by atoms with Gasteiger partial charge >= 0.3 is 0 Å². The summed E-state index contributed by atoms with van der Waals surface area (Å²) < 4.78 is 0. The van der Waals surface area contributed by atoms with Crippen molar-refractivity contribution in [3.8, 4) is 0 Å². The number of hydrogen-bond acceptors (Lipinski definition) is 5. The SMILES string of the molecule is C[C@H]1CCc2c(sc3nc(/C=C/c4cccc([N+](=O)[O-])c4)[nH]c(=O)c23)C1. The number of benzene rings is 1. The molecule has 132 valence electrons. The third kappa shape index (κ3) is 3.06. The molecule has 0 unspecified atom stereocenters. The topological polar surface area (TPSA) is 88.9 Å². The molecule has 0 saturated carbocycles. The lowest BCUT2D eigenvalue weighted by Gasteiger charge is -2.17. The maximum atomic E-state index is 12.6. The first-order chi connectivity index (χ1) is 12.5. The lowest BCUT2D eigenvalue weighted by molar-refractivity contribution is -0.384. The van der Waals surface area contributed by atoms with Crippen LogP contribution in [0.1, 0.15) is 35.2 Å². The Morgan fingerprint density at radius 1 is 1.38 bits per heavy atom. The molecule has 1 aliphatic rings. The van der Waals surface area contributed by atoms with Gasteiger partial charge in [0.05, 0.1) is 10.3 Å². The van der Waals surface area contributed by atoms with Gasteiger partial charge in [-0.1, -0.05) is 25.1 Å². The van der Waals surface area contributed by atoms with E-state index in [0.29, 0.717) is 17.3 Å². The number of thiophene rings is 1. The largest absolute Gasteiger partial charge is 0.306 e. The Morgan fingerprint density at radius 2 is 2.23 bits per heavy atom. The lowest BCUT2D eigenvalue weighted by Crippen LogP contribution is -2.13. The molecule has 0 aliphatic heterocycles. The van der Waals surface area contributed by atoms with Crippen LogP contribution in [0.15, 0.2) is 29.1 Å². The van der Waals surface area contributed by atoms with E-state index in [9.17, 15) is 14.9 Å². The number of aromatic amines is 1. The van der Waals surface area contributed by atoms with Gasteiger partial charge in [-0.15, -0.1) is 11.3 Å². The molecule has 26 heavy (non-hydrogen) atoms. The molecule has 0 radical (unpaired) electrons. The molecule has 0 saturated heterocycles. The first-order valence-electron chi connectivity index (χ1n) is 8.48. The Bertz CT molecular complexity index is 1100. The maximum Gasteiger partial charge on any atom is 0.270 e. The molecule has 1 aliphatic carbocycles. The number of nitro benzene ring substituents is 1. The van der Waals surface area contributed by atoms with Crippen LogP contribution in [0.25, 0.3) is 22.4 Å². The van der Waals surface area contributed by atoms with E-state index in [-0.39, 0.29) is 11.2 Å². The minimum atomic E-state index is -0.430. The van der Waals surface area contributed by atoms with Crippen molar-refractivity contribution in [1.29, 1.82) is 0 Å². The fraction of sp³-hybridized carbons (Fsp3) is 0.263. The molecule has 2 aromatic heterocycles. The summed E-state index contributed by atoms with van der Waals surface area (Å²) in [4.78, 5) is 32.4. The van der Waals surface area contributed by atoms with E-state index in [1.165, 1.54) is 17.0 Å². The molecule has 1 aromatic carbocycles. The summed E-state index contributed by atoms with van der Waals surface area (Å²) in [5.74, 6) is 1.10. The van der Waals surface area contributed by atoms with Crippen LogP contribution in [-0.2, 0) is 12.8 Å². The predicted molar refractivity (Wildman–Crippen MR) is 103 cm³/mol. The Balaban J connectivity index is 1.71. The number of nitrogens with zero attached hydrogens (tertiary/aromatic N) is 2. The second-order valence-corrected chi connectivity index (χ2v) is 7.75. The average molecular weight is 367 g/mol. The molecule has 7 heteroatoms. The van der Waals surface area contributed by atoms with E-state index in [1.54, 1.807) is 35.6 Å². The maximum absolute atomic E-state index is 12.6. The van der Waals surface area contributed by atoms with Crippen LogP contribution in [0.4, 0.5) is 5.69 Å². The van der Waals surface area contributed by atoms with Gasteiger partial charge in [0, 0.05) is 17.0 Å². The first-order valence-corrected chi connectivity index (χ1v) is 9.30. The molecule has 0 amide bonds. The van der Waals surface area contributed by atoms with Crippen LogP contribution >= 0.6 is 11.3 Å². The van der Waals surface area contributed by atoms with Gasteiger partial charge in [-0.05, 0) is 42.4 Å². The van der Waals surface area contributed by atoms with Crippen molar-refractivity contribution in [2.45, 2.75) is 26.2 Å². The molecule has 0 fully saturated rings. The van der Waals surface area contributed by atoms with Crippen LogP contribution in [-0.4, -0.2) is 14.9 Å². The van der Waals surface area contributed by atoms with Crippen molar-refractivity contribution in [2.24, 2.45) is 5.92 Å². The van der Waals surface area contributed by atoms with Gasteiger partial charge < -0.3 is 4.98 Å². The Morgan fingerprint density at radius 3 is 3.04 bits per heavy atom. The highest BCUT2D eigenvalue weighted by molar-refractivity contribution is 7.18. The summed E-state index contributed by atoms with van der Waals surface area (Å²) in [7, 11) is 0. The molecular weight excluding hydrogens is 350 g/mol. The summed E-state index contributed by atoms with van der Waals surface area (Å²) in [5, 5.41) is 11.6. The van der Waals surface area contributed by atoms with Crippen molar-refractivity contribution in [2.75, 3.05) is 0 Å². The molecule has 0 spiro atoms. The van der Waals surface area contributed by atoms with Gasteiger partial charge in [-0.25, -0.2) is 4.98 Å². The Kier molecular flexibility index (Phi) is 4.16. The van der Waals surface area contributed by atoms with Crippen molar-refractivity contribution >= 4 is 39.4 Å². The van der Waals surface area contributed by atoms with Gasteiger partial charge in [0.25, 0.3) is 11.2 Å². The lowest BCUT2D eigenvalue weighted by atomic mass is 9.89. The van der Waals surface area contributed by atoms with Gasteiger partial charge in [-0.3, -0.25) is 14.9 Å². The Labute approximate surface area is 153 Å². The minimum absolute atomic E-state index is 0.0316. The molecule has 1 N–H and O–H groups in total. The first kappa shape index (κ1) is 16.7. The zero-order valence-electron chi connectivity index (χ0n) is 14.2. The minimum Gasteiger partial charge on any atom is -0.306 e. The zero-order chi connectivity index (χ0) is 18.3. The zero-order valence-corrected chi connectivity index (χ0v) is 15.0. The third-order valence-corrected chi connectivity index (χ3v) is 5.85. The van der Waals surface area contributed by atoms with Gasteiger partial charge in [0.1, 0.15) is 10.7 Å². The molecule has 4 rings (SSSR count). The predicted octanol–water partition coefficient (Wildman–Crippen LogP) is 4.19.